The molecule has 8 N–H and O–H groups in total. The normalized spacial score (nSPS) is 14.2. The van der Waals surface area contributed by atoms with Crippen molar-refractivity contribution in [2.24, 2.45) is 11.5 Å². The number of hydrogen-bond acceptors (Lipinski definition) is 8. The maximum atomic E-state index is 13.9. The molecule has 0 spiro atoms. The predicted molar refractivity (Wildman–Crippen MR) is 178 cm³/mol. The minimum absolute atomic E-state index is 0.145. The van der Waals surface area contributed by atoms with Crippen molar-refractivity contribution < 1.29 is 70.4 Å². The first-order valence-electron chi connectivity index (χ1n) is 16.0. The van der Waals surface area contributed by atoms with Crippen molar-refractivity contribution >= 4 is 47.0 Å². The lowest BCUT2D eigenvalue weighted by Gasteiger charge is -2.30. The van der Waals surface area contributed by atoms with Gasteiger partial charge < -0.3 is 41.9 Å². The summed E-state index contributed by atoms with van der Waals surface area (Å²) in [6.07, 6.45) is -4.87. The quantitative estimate of drug-likeness (QED) is 0.117. The van der Waals surface area contributed by atoms with Crippen molar-refractivity contribution in [2.75, 3.05) is 36.9 Å². The maximum Gasteiger partial charge on any atom is 0.490 e. The van der Waals surface area contributed by atoms with E-state index in [1.165, 1.54) is 9.80 Å². The summed E-state index contributed by atoms with van der Waals surface area (Å²) < 4.78 is 63.5. The number of carbonyl (C=O) groups excluding carboxylic acids is 3. The predicted octanol–water partition coefficient (Wildman–Crippen LogP) is 4.33. The van der Waals surface area contributed by atoms with Crippen LogP contribution in [0.5, 0.6) is 0 Å². The van der Waals surface area contributed by atoms with Crippen LogP contribution in [-0.4, -0.2) is 94.9 Å². The summed E-state index contributed by atoms with van der Waals surface area (Å²) in [5.74, 6) is -7.56. The fourth-order valence-corrected chi connectivity index (χ4v) is 4.78. The minimum atomic E-state index is -5.08. The number of nitrogens with two attached hydrogens (primary N) is 2. The summed E-state index contributed by atoms with van der Waals surface area (Å²) in [7, 11) is 1.62. The highest BCUT2D eigenvalue weighted by Crippen LogP contribution is 2.35. The molecule has 0 aromatic heterocycles. The van der Waals surface area contributed by atoms with Crippen molar-refractivity contribution in [1.82, 2.24) is 4.90 Å². The van der Waals surface area contributed by atoms with Gasteiger partial charge in [0.2, 0.25) is 5.91 Å². The number of aliphatic carboxylic acids is 3. The largest absolute Gasteiger partial charge is 0.490 e. The van der Waals surface area contributed by atoms with Crippen LogP contribution in [0.1, 0.15) is 72.5 Å². The van der Waals surface area contributed by atoms with Gasteiger partial charge in [-0.3, -0.25) is 19.2 Å². The fourth-order valence-electron chi connectivity index (χ4n) is 4.78. The number of carboxylic acids is 3. The molecule has 2 aromatic rings. The van der Waals surface area contributed by atoms with Gasteiger partial charge in [0.05, 0.1) is 17.7 Å². The zero-order valence-corrected chi connectivity index (χ0v) is 28.5. The number of carboxylic acid groups (broad SMARTS) is 3. The van der Waals surface area contributed by atoms with Gasteiger partial charge in [-0.25, -0.2) is 9.59 Å². The number of benzene rings is 2. The van der Waals surface area contributed by atoms with Crippen LogP contribution in [0.15, 0.2) is 42.5 Å². The molecule has 14 nitrogen and oxygen atoms in total. The van der Waals surface area contributed by atoms with Crippen LogP contribution in [0.4, 0.5) is 37.7 Å². The molecule has 3 amide bonds. The maximum absolute atomic E-state index is 13.9. The first kappa shape index (κ1) is 45.8. The molecule has 0 aliphatic carbocycles. The highest BCUT2D eigenvalue weighted by atomic mass is 19.4. The van der Waals surface area contributed by atoms with Gasteiger partial charge in [-0.15, -0.1) is 0 Å². The Labute approximate surface area is 299 Å². The first-order chi connectivity index (χ1) is 24.6. The summed E-state index contributed by atoms with van der Waals surface area (Å²) >= 11 is 0. The van der Waals surface area contributed by atoms with Crippen LogP contribution < -0.4 is 21.7 Å². The topological polar surface area (TPSA) is 234 Å². The van der Waals surface area contributed by atoms with Gasteiger partial charge >= 0.3 is 30.3 Å². The van der Waals surface area contributed by atoms with Crippen molar-refractivity contribution in [2.45, 2.75) is 69.8 Å². The molecule has 0 radical (unpaired) electrons. The highest BCUT2D eigenvalue weighted by Gasteiger charge is 2.40. The number of carbonyl (C=O) groups is 6. The monoisotopic (exact) mass is 765 g/mol. The van der Waals surface area contributed by atoms with E-state index in [0.717, 1.165) is 37.7 Å². The van der Waals surface area contributed by atoms with Gasteiger partial charge in [-0.2, -0.15) is 26.3 Å². The van der Waals surface area contributed by atoms with Crippen LogP contribution in [0.3, 0.4) is 0 Å². The van der Waals surface area contributed by atoms with Crippen molar-refractivity contribution in [1.29, 1.82) is 0 Å². The molecule has 294 valence electrons. The summed E-state index contributed by atoms with van der Waals surface area (Å²) in [4.78, 5) is 72.1. The van der Waals surface area contributed by atoms with Crippen LogP contribution in [0.25, 0.3) is 0 Å². The van der Waals surface area contributed by atoms with E-state index in [9.17, 15) is 50.6 Å². The number of hydrogen-bond donors (Lipinski definition) is 6. The van der Waals surface area contributed by atoms with Crippen LogP contribution in [0, 0.1) is 0 Å². The van der Waals surface area contributed by atoms with Crippen LogP contribution in [0.2, 0.25) is 0 Å². The third-order valence-electron chi connectivity index (χ3n) is 7.35. The average molecular weight is 766 g/mol. The molecule has 2 aromatic carbocycles. The molecule has 0 bridgehead atoms. The number of nitrogens with one attached hydrogen (secondary N) is 1. The van der Waals surface area contributed by atoms with Crippen molar-refractivity contribution in [3.05, 3.63) is 59.2 Å². The lowest BCUT2D eigenvalue weighted by Crippen LogP contribution is -2.42. The Hall–Kier alpha value is -5.24. The number of amides is 3. The van der Waals surface area contributed by atoms with E-state index in [2.05, 4.69) is 5.32 Å². The van der Waals surface area contributed by atoms with E-state index in [0.29, 0.717) is 42.0 Å². The lowest BCUT2D eigenvalue weighted by atomic mass is 10.0. The molecule has 53 heavy (non-hydrogen) atoms. The molecule has 0 fully saturated rings. The summed E-state index contributed by atoms with van der Waals surface area (Å²) in [6, 6.07) is 11.2. The number of unbranched alkanes of at least 4 members (excludes halogenated alkanes) is 3. The van der Waals surface area contributed by atoms with Crippen LogP contribution in [-0.2, 0) is 30.4 Å². The van der Waals surface area contributed by atoms with E-state index in [1.54, 1.807) is 37.4 Å². The third kappa shape index (κ3) is 15.5. The Bertz CT molecular complexity index is 1560. The highest BCUT2D eigenvalue weighted by molar-refractivity contribution is 6.11. The van der Waals surface area contributed by atoms with Gasteiger partial charge in [0, 0.05) is 25.7 Å². The zero-order chi connectivity index (χ0) is 40.5. The SMILES string of the molecule is CN1C(=O)C(c2cccc(NC(=O)CCCN)c2)N(CCC(=O)O)C(=O)c2cc(CCCCCCN)ccc21.O=C(O)C(F)(F)F.O=C(O)C(F)(F)F. The number of aryl methyl sites for hydroxylation is 1. The van der Waals surface area contributed by atoms with E-state index in [1.807, 2.05) is 12.1 Å². The molecule has 1 aliphatic heterocycles. The standard InChI is InChI=1S/C29H39N5O5.2C2HF3O2/c1-33-24-13-12-20(8-4-2-3-5-15-30)18-23(24)28(38)34(17-14-26(36)37)27(29(33)39)21-9-6-10-22(19-21)32-25(35)11-7-16-31;2*3-2(4,5)1(6)7/h6,9-10,12-13,18-19,27H,2-5,7-8,11,14-17,30-31H2,1H3,(H,32,35)(H,36,37);2*(H,6,7). The Morgan fingerprint density at radius 3 is 1.89 bits per heavy atom. The van der Waals surface area contributed by atoms with Gasteiger partial charge in [0.15, 0.2) is 0 Å². The second-order valence-corrected chi connectivity index (χ2v) is 11.4. The fraction of sp³-hybridized carbons (Fsp3) is 0.455. The summed E-state index contributed by atoms with van der Waals surface area (Å²) in [5.41, 5.74) is 13.9. The molecule has 0 saturated heterocycles. The molecule has 20 heteroatoms. The average Bonchev–Trinajstić information content (AvgIpc) is 3.14. The second kappa shape index (κ2) is 21.3. The number of likely N-dealkylation sites (N-methyl/N-ethyl adjacent to an activating group) is 1. The summed E-state index contributed by atoms with van der Waals surface area (Å²) in [6.45, 7) is 0.923. The van der Waals surface area contributed by atoms with E-state index in [4.69, 9.17) is 31.3 Å². The minimum Gasteiger partial charge on any atom is -0.481 e. The molecule has 1 unspecified atom stereocenters. The number of fused-ring (bicyclic) bond motifs is 1. The molecule has 1 atom stereocenters. The zero-order valence-electron chi connectivity index (χ0n) is 28.5. The van der Waals surface area contributed by atoms with E-state index in [-0.39, 0.29) is 31.2 Å². The molecule has 0 saturated carbocycles. The van der Waals surface area contributed by atoms with Gasteiger partial charge in [-0.1, -0.05) is 31.0 Å². The Kier molecular flexibility index (Phi) is 18.4. The van der Waals surface area contributed by atoms with E-state index < -0.39 is 42.2 Å². The number of alkyl halides is 6. The number of rotatable bonds is 14. The van der Waals surface area contributed by atoms with Crippen LogP contribution >= 0.6 is 0 Å². The lowest BCUT2D eigenvalue weighted by molar-refractivity contribution is -0.193. The number of halogens is 6. The molecular formula is C33H41F6N5O9. The number of nitrogens with zero attached hydrogens (tertiary/aromatic N) is 2. The molecular weight excluding hydrogens is 724 g/mol. The second-order valence-electron chi connectivity index (χ2n) is 11.4. The molecule has 1 heterocycles. The first-order valence-corrected chi connectivity index (χ1v) is 16.0. The van der Waals surface area contributed by atoms with Gasteiger partial charge in [0.1, 0.15) is 6.04 Å². The van der Waals surface area contributed by atoms with Crippen molar-refractivity contribution in [3.8, 4) is 0 Å². The summed E-state index contributed by atoms with van der Waals surface area (Å²) in [5, 5.41) is 26.4. The van der Waals surface area contributed by atoms with E-state index >= 15 is 0 Å². The number of anilines is 2. The molecule has 3 rings (SSSR count). The third-order valence-corrected chi connectivity index (χ3v) is 7.35. The molecule has 1 aliphatic rings. The van der Waals surface area contributed by atoms with Crippen molar-refractivity contribution in [3.63, 3.8) is 0 Å². The Morgan fingerprint density at radius 2 is 1.36 bits per heavy atom. The van der Waals surface area contributed by atoms with Gasteiger partial charge in [0.25, 0.3) is 11.8 Å². The smallest absolute Gasteiger partial charge is 0.481 e. The Morgan fingerprint density at radius 1 is 0.792 bits per heavy atom. The Balaban J connectivity index is 0.000000845. The van der Waals surface area contributed by atoms with Gasteiger partial charge in [-0.05, 0) is 74.2 Å².